The Labute approximate surface area is 166 Å². The van der Waals surface area contributed by atoms with Crippen LogP contribution in [0.3, 0.4) is 0 Å². The van der Waals surface area contributed by atoms with Crippen molar-refractivity contribution in [1.82, 2.24) is 10.3 Å². The van der Waals surface area contributed by atoms with Crippen LogP contribution in [0.1, 0.15) is 45.0 Å². The van der Waals surface area contributed by atoms with E-state index in [-0.39, 0.29) is 17.9 Å². The van der Waals surface area contributed by atoms with Crippen molar-refractivity contribution in [3.63, 3.8) is 0 Å². The van der Waals surface area contributed by atoms with Gasteiger partial charge in [-0.15, -0.1) is 0 Å². The van der Waals surface area contributed by atoms with Crippen molar-refractivity contribution in [3.8, 4) is 0 Å². The van der Waals surface area contributed by atoms with Crippen LogP contribution >= 0.6 is 0 Å². The van der Waals surface area contributed by atoms with E-state index in [2.05, 4.69) is 10.3 Å². The lowest BCUT2D eigenvalue weighted by molar-refractivity contribution is -0.178. The van der Waals surface area contributed by atoms with Crippen LogP contribution in [-0.2, 0) is 20.7 Å². The average molecular weight is 384 g/mol. The minimum Gasteiger partial charge on any atom is -0.425 e. The number of nitrogens with zero attached hydrogens (tertiary/aromatic N) is 1. The van der Waals surface area contributed by atoms with E-state index in [4.69, 9.17) is 9.47 Å². The van der Waals surface area contributed by atoms with Gasteiger partial charge < -0.3 is 14.8 Å². The number of carbonyl (C=O) groups is 2. The van der Waals surface area contributed by atoms with Gasteiger partial charge >= 0.3 is 12.1 Å². The lowest BCUT2D eigenvalue weighted by atomic mass is 10.0. The molecule has 2 atom stereocenters. The second kappa shape index (κ2) is 10.4. The smallest absolute Gasteiger partial charge is 0.410 e. The summed E-state index contributed by atoms with van der Waals surface area (Å²) >= 11 is 0. The predicted molar refractivity (Wildman–Crippen MR) is 106 cm³/mol. The van der Waals surface area contributed by atoms with Gasteiger partial charge in [0, 0.05) is 24.2 Å². The minimum atomic E-state index is -0.943. The Balaban J connectivity index is 2.09. The summed E-state index contributed by atoms with van der Waals surface area (Å²) in [4.78, 5) is 28.8. The van der Waals surface area contributed by atoms with E-state index < -0.39 is 18.4 Å². The van der Waals surface area contributed by atoms with E-state index in [1.165, 1.54) is 0 Å². The van der Waals surface area contributed by atoms with Crippen LogP contribution in [0.4, 0.5) is 4.79 Å². The fraction of sp³-hybridized carbons (Fsp3) is 0.409. The monoisotopic (exact) mass is 384 g/mol. The SMILES string of the molecule is CC(C)C(=O)OC(OC(=O)NC(Cc1ccccn1)c1ccccc1)C(C)C. The van der Waals surface area contributed by atoms with Gasteiger partial charge in [0.15, 0.2) is 0 Å². The molecule has 0 saturated carbocycles. The van der Waals surface area contributed by atoms with E-state index in [1.54, 1.807) is 20.0 Å². The first-order chi connectivity index (χ1) is 13.4. The van der Waals surface area contributed by atoms with Crippen LogP contribution in [0, 0.1) is 11.8 Å². The summed E-state index contributed by atoms with van der Waals surface area (Å²) in [7, 11) is 0. The van der Waals surface area contributed by atoms with Crippen molar-refractivity contribution in [2.45, 2.75) is 46.4 Å². The van der Waals surface area contributed by atoms with Gasteiger partial charge in [-0.05, 0) is 17.7 Å². The first kappa shape index (κ1) is 21.4. The fourth-order valence-electron chi connectivity index (χ4n) is 2.49. The van der Waals surface area contributed by atoms with Crippen molar-refractivity contribution in [2.24, 2.45) is 11.8 Å². The number of nitrogens with one attached hydrogen (secondary N) is 1. The maximum atomic E-state index is 12.5. The average Bonchev–Trinajstić information content (AvgIpc) is 2.68. The van der Waals surface area contributed by atoms with E-state index >= 15 is 0 Å². The topological polar surface area (TPSA) is 77.5 Å². The zero-order valence-corrected chi connectivity index (χ0v) is 16.8. The molecule has 0 fully saturated rings. The summed E-state index contributed by atoms with van der Waals surface area (Å²) in [6.45, 7) is 7.12. The van der Waals surface area contributed by atoms with Crippen molar-refractivity contribution < 1.29 is 19.1 Å². The number of alkyl carbamates (subject to hydrolysis) is 1. The first-order valence-corrected chi connectivity index (χ1v) is 9.49. The molecule has 1 N–H and O–H groups in total. The first-order valence-electron chi connectivity index (χ1n) is 9.49. The lowest BCUT2D eigenvalue weighted by Gasteiger charge is -2.24. The number of hydrogen-bond donors (Lipinski definition) is 1. The number of carbonyl (C=O) groups excluding carboxylic acids is 2. The molecular formula is C22H28N2O4. The molecule has 2 aromatic rings. The molecule has 1 heterocycles. The van der Waals surface area contributed by atoms with Gasteiger partial charge in [0.05, 0.1) is 12.0 Å². The molecule has 0 bridgehead atoms. The highest BCUT2D eigenvalue weighted by atomic mass is 16.7. The Morgan fingerprint density at radius 3 is 2.21 bits per heavy atom. The van der Waals surface area contributed by atoms with E-state index in [1.807, 2.05) is 62.4 Å². The third-order valence-electron chi connectivity index (χ3n) is 4.10. The molecule has 1 aromatic heterocycles. The molecule has 0 saturated heterocycles. The summed E-state index contributed by atoms with van der Waals surface area (Å²) in [5, 5.41) is 2.88. The number of pyridine rings is 1. The van der Waals surface area contributed by atoms with E-state index in [9.17, 15) is 9.59 Å². The zero-order chi connectivity index (χ0) is 20.5. The van der Waals surface area contributed by atoms with Gasteiger partial charge in [-0.25, -0.2) is 4.79 Å². The highest BCUT2D eigenvalue weighted by Gasteiger charge is 2.25. The number of rotatable bonds is 8. The Kier molecular flexibility index (Phi) is 7.99. The van der Waals surface area contributed by atoms with E-state index in [0.29, 0.717) is 6.42 Å². The van der Waals surface area contributed by atoms with Gasteiger partial charge in [-0.1, -0.05) is 64.1 Å². The summed E-state index contributed by atoms with van der Waals surface area (Å²) in [6.07, 6.45) is 0.648. The number of hydrogen-bond acceptors (Lipinski definition) is 5. The maximum absolute atomic E-state index is 12.5. The van der Waals surface area contributed by atoms with E-state index in [0.717, 1.165) is 11.3 Å². The normalized spacial score (nSPS) is 13.1. The standard InChI is InChI=1S/C22H28N2O4/c1-15(2)20(25)27-21(16(3)4)28-22(26)24-19(17-10-6-5-7-11-17)14-18-12-8-9-13-23-18/h5-13,15-16,19,21H,14H2,1-4H3,(H,24,26). The predicted octanol–water partition coefficient (Wildman–Crippen LogP) is 4.27. The molecule has 2 unspecified atom stereocenters. The Morgan fingerprint density at radius 1 is 0.964 bits per heavy atom. The largest absolute Gasteiger partial charge is 0.425 e. The summed E-state index contributed by atoms with van der Waals surface area (Å²) in [6, 6.07) is 15.0. The van der Waals surface area contributed by atoms with Gasteiger partial charge in [0.2, 0.25) is 0 Å². The Hall–Kier alpha value is -2.89. The Morgan fingerprint density at radius 2 is 1.64 bits per heavy atom. The molecule has 0 aliphatic rings. The molecule has 6 nitrogen and oxygen atoms in total. The van der Waals surface area contributed by atoms with Gasteiger partial charge in [-0.3, -0.25) is 9.78 Å². The number of ether oxygens (including phenoxy) is 2. The van der Waals surface area contributed by atoms with Gasteiger partial charge in [-0.2, -0.15) is 0 Å². The maximum Gasteiger partial charge on any atom is 0.410 e. The molecule has 28 heavy (non-hydrogen) atoms. The quantitative estimate of drug-likeness (QED) is 0.543. The van der Waals surface area contributed by atoms with Crippen LogP contribution in [0.25, 0.3) is 0 Å². The van der Waals surface area contributed by atoms with Crippen molar-refractivity contribution in [2.75, 3.05) is 0 Å². The number of aromatic nitrogens is 1. The van der Waals surface area contributed by atoms with Crippen LogP contribution in [0.15, 0.2) is 54.7 Å². The second-order valence-corrected chi connectivity index (χ2v) is 7.24. The summed E-state index contributed by atoms with van der Waals surface area (Å²) < 4.78 is 10.7. The summed E-state index contributed by atoms with van der Waals surface area (Å²) in [5.41, 5.74) is 1.79. The van der Waals surface area contributed by atoms with Crippen LogP contribution in [-0.4, -0.2) is 23.3 Å². The van der Waals surface area contributed by atoms with Crippen LogP contribution < -0.4 is 5.32 Å². The molecule has 0 aliphatic heterocycles. The molecular weight excluding hydrogens is 356 g/mol. The molecule has 2 rings (SSSR count). The van der Waals surface area contributed by atoms with Gasteiger partial charge in [0.25, 0.3) is 6.29 Å². The van der Waals surface area contributed by atoms with Gasteiger partial charge in [0.1, 0.15) is 0 Å². The summed E-state index contributed by atoms with van der Waals surface area (Å²) in [5.74, 6) is -0.867. The molecule has 6 heteroatoms. The number of amides is 1. The highest BCUT2D eigenvalue weighted by molar-refractivity contribution is 5.72. The lowest BCUT2D eigenvalue weighted by Crippen LogP contribution is -2.37. The van der Waals surface area contributed by atoms with Crippen LogP contribution in [0.2, 0.25) is 0 Å². The molecule has 150 valence electrons. The highest BCUT2D eigenvalue weighted by Crippen LogP contribution is 2.19. The minimum absolute atomic E-state index is 0.167. The third kappa shape index (κ3) is 6.68. The van der Waals surface area contributed by atoms with Crippen LogP contribution in [0.5, 0.6) is 0 Å². The second-order valence-electron chi connectivity index (χ2n) is 7.24. The molecule has 1 aromatic carbocycles. The third-order valence-corrected chi connectivity index (χ3v) is 4.10. The van der Waals surface area contributed by atoms with Crippen molar-refractivity contribution in [3.05, 3.63) is 66.0 Å². The van der Waals surface area contributed by atoms with Crippen molar-refractivity contribution >= 4 is 12.1 Å². The molecule has 0 radical (unpaired) electrons. The Bertz CT molecular complexity index is 748. The molecule has 0 aliphatic carbocycles. The molecule has 1 amide bonds. The number of esters is 1. The molecule has 0 spiro atoms. The zero-order valence-electron chi connectivity index (χ0n) is 16.8. The van der Waals surface area contributed by atoms with Crippen molar-refractivity contribution in [1.29, 1.82) is 0 Å². The number of benzene rings is 1. The fourth-order valence-corrected chi connectivity index (χ4v) is 2.49.